The van der Waals surface area contributed by atoms with E-state index in [0.717, 1.165) is 29.3 Å². The molecule has 1 aliphatic heterocycles. The van der Waals surface area contributed by atoms with Crippen LogP contribution in [0.5, 0.6) is 0 Å². The predicted molar refractivity (Wildman–Crippen MR) is 94.8 cm³/mol. The number of piperidine rings is 1. The molecule has 23 heavy (non-hydrogen) atoms. The summed E-state index contributed by atoms with van der Waals surface area (Å²) in [7, 11) is 0. The molecular formula is C20H30N2O. The maximum atomic E-state index is 12.4. The van der Waals surface area contributed by atoms with Gasteiger partial charge in [0.2, 0.25) is 0 Å². The van der Waals surface area contributed by atoms with E-state index in [2.05, 4.69) is 16.3 Å². The number of rotatable bonds is 4. The molecule has 1 aromatic rings. The summed E-state index contributed by atoms with van der Waals surface area (Å²) in [4.78, 5) is 15.1. The second-order valence-electron chi connectivity index (χ2n) is 7.45. The Morgan fingerprint density at radius 2 is 1.83 bits per heavy atom. The maximum absolute atomic E-state index is 12.4. The van der Waals surface area contributed by atoms with Gasteiger partial charge in [-0.25, -0.2) is 0 Å². The summed E-state index contributed by atoms with van der Waals surface area (Å²) >= 11 is 0. The van der Waals surface area contributed by atoms with Crippen molar-refractivity contribution in [2.24, 2.45) is 5.92 Å². The summed E-state index contributed by atoms with van der Waals surface area (Å²) in [6, 6.07) is 6.93. The average Bonchev–Trinajstić information content (AvgIpc) is 3.10. The van der Waals surface area contributed by atoms with Gasteiger partial charge in [0.1, 0.15) is 0 Å². The van der Waals surface area contributed by atoms with E-state index in [1.807, 2.05) is 26.0 Å². The number of likely N-dealkylation sites (tertiary alicyclic amines) is 1. The minimum absolute atomic E-state index is 0.0874. The topological polar surface area (TPSA) is 32.3 Å². The first-order chi connectivity index (χ1) is 11.1. The number of hydrogen-bond donors (Lipinski definition) is 1. The Labute approximate surface area is 140 Å². The third kappa shape index (κ3) is 4.14. The van der Waals surface area contributed by atoms with Crippen molar-refractivity contribution in [3.63, 3.8) is 0 Å². The van der Waals surface area contributed by atoms with Crippen LogP contribution in [0.4, 0.5) is 0 Å². The highest BCUT2D eigenvalue weighted by atomic mass is 16.1. The number of nitrogens with one attached hydrogen (secondary N) is 1. The predicted octanol–water partition coefficient (Wildman–Crippen LogP) is 3.69. The highest BCUT2D eigenvalue weighted by Crippen LogP contribution is 2.27. The lowest BCUT2D eigenvalue weighted by molar-refractivity contribution is 0.0924. The molecule has 126 valence electrons. The molecule has 1 aliphatic carbocycles. The second-order valence-corrected chi connectivity index (χ2v) is 7.45. The molecule has 3 nitrogen and oxygen atoms in total. The fourth-order valence-corrected chi connectivity index (χ4v) is 4.10. The Kier molecular flexibility index (Phi) is 5.37. The molecule has 1 amide bonds. The number of carbonyl (C=O) groups is 1. The Balaban J connectivity index is 1.46. The maximum Gasteiger partial charge on any atom is 0.251 e. The largest absolute Gasteiger partial charge is 0.352 e. The smallest absolute Gasteiger partial charge is 0.251 e. The molecule has 1 N–H and O–H groups in total. The van der Waals surface area contributed by atoms with E-state index in [4.69, 9.17) is 0 Å². The van der Waals surface area contributed by atoms with Crippen molar-refractivity contribution in [1.29, 1.82) is 0 Å². The first-order valence-corrected chi connectivity index (χ1v) is 9.23. The van der Waals surface area contributed by atoms with Crippen LogP contribution in [-0.4, -0.2) is 36.5 Å². The van der Waals surface area contributed by atoms with Crippen molar-refractivity contribution >= 4 is 5.91 Å². The lowest BCUT2D eigenvalue weighted by atomic mass is 9.95. The number of nitrogens with zero attached hydrogens (tertiary/aromatic N) is 1. The number of amides is 1. The zero-order valence-corrected chi connectivity index (χ0v) is 14.6. The van der Waals surface area contributed by atoms with Crippen LogP contribution in [0.1, 0.15) is 60.0 Å². The molecule has 0 aromatic heterocycles. The molecule has 0 radical (unpaired) electrons. The van der Waals surface area contributed by atoms with Crippen molar-refractivity contribution in [2.75, 3.05) is 19.6 Å². The van der Waals surface area contributed by atoms with E-state index in [-0.39, 0.29) is 5.91 Å². The molecule has 3 heteroatoms. The zero-order valence-electron chi connectivity index (χ0n) is 14.6. The summed E-state index contributed by atoms with van der Waals surface area (Å²) < 4.78 is 0. The standard InChI is InChI=1S/C20H30N2O/c1-15-7-8-16(2)19(13-15)20(23)21-14-17-9-11-22(12-10-17)18-5-3-4-6-18/h7-8,13,17-18H,3-6,9-12,14H2,1-2H3,(H,21,23). The van der Waals surface area contributed by atoms with Crippen LogP contribution in [0.2, 0.25) is 0 Å². The van der Waals surface area contributed by atoms with Gasteiger partial charge in [-0.3, -0.25) is 4.79 Å². The van der Waals surface area contributed by atoms with Gasteiger partial charge >= 0.3 is 0 Å². The molecule has 1 aromatic carbocycles. The average molecular weight is 314 g/mol. The Bertz CT molecular complexity index is 541. The summed E-state index contributed by atoms with van der Waals surface area (Å²) in [6.45, 7) is 7.30. The van der Waals surface area contributed by atoms with E-state index in [0.29, 0.717) is 5.92 Å². The summed E-state index contributed by atoms with van der Waals surface area (Å²) in [6.07, 6.45) is 8.07. The SMILES string of the molecule is Cc1ccc(C)c(C(=O)NCC2CCN(C3CCCC3)CC2)c1. The molecule has 0 atom stereocenters. The third-order valence-corrected chi connectivity index (χ3v) is 5.68. The van der Waals surface area contributed by atoms with E-state index in [9.17, 15) is 4.79 Å². The van der Waals surface area contributed by atoms with E-state index in [1.165, 1.54) is 51.6 Å². The van der Waals surface area contributed by atoms with Gasteiger partial charge in [-0.05, 0) is 70.2 Å². The molecule has 1 heterocycles. The summed E-state index contributed by atoms with van der Waals surface area (Å²) in [5.41, 5.74) is 3.03. The molecule has 2 aliphatic rings. The van der Waals surface area contributed by atoms with E-state index < -0.39 is 0 Å². The molecule has 0 spiro atoms. The van der Waals surface area contributed by atoms with Gasteiger partial charge in [-0.15, -0.1) is 0 Å². The van der Waals surface area contributed by atoms with Gasteiger partial charge in [0, 0.05) is 18.2 Å². The van der Waals surface area contributed by atoms with Crippen LogP contribution < -0.4 is 5.32 Å². The Morgan fingerprint density at radius 3 is 2.52 bits per heavy atom. The van der Waals surface area contributed by atoms with Gasteiger partial charge in [-0.1, -0.05) is 30.5 Å². The number of carbonyl (C=O) groups excluding carboxylic acids is 1. The normalized spacial score (nSPS) is 20.8. The Hall–Kier alpha value is -1.35. The van der Waals surface area contributed by atoms with Crippen molar-refractivity contribution in [1.82, 2.24) is 10.2 Å². The summed E-state index contributed by atoms with van der Waals surface area (Å²) in [5, 5.41) is 3.16. The molecule has 2 fully saturated rings. The zero-order chi connectivity index (χ0) is 16.2. The minimum atomic E-state index is 0.0874. The fourth-order valence-electron chi connectivity index (χ4n) is 4.10. The van der Waals surface area contributed by atoms with Crippen molar-refractivity contribution in [2.45, 2.75) is 58.4 Å². The summed E-state index contributed by atoms with van der Waals surface area (Å²) in [5.74, 6) is 0.728. The first kappa shape index (κ1) is 16.5. The van der Waals surface area contributed by atoms with Crippen molar-refractivity contribution in [3.8, 4) is 0 Å². The van der Waals surface area contributed by atoms with E-state index >= 15 is 0 Å². The molecular weight excluding hydrogens is 284 g/mol. The second kappa shape index (κ2) is 7.48. The molecule has 0 unspecified atom stereocenters. The van der Waals surface area contributed by atoms with Crippen LogP contribution in [-0.2, 0) is 0 Å². The van der Waals surface area contributed by atoms with Crippen LogP contribution in [0, 0.1) is 19.8 Å². The number of hydrogen-bond acceptors (Lipinski definition) is 2. The number of benzene rings is 1. The lowest BCUT2D eigenvalue weighted by Gasteiger charge is -2.36. The van der Waals surface area contributed by atoms with E-state index in [1.54, 1.807) is 0 Å². The lowest BCUT2D eigenvalue weighted by Crippen LogP contribution is -2.42. The highest BCUT2D eigenvalue weighted by molar-refractivity contribution is 5.95. The van der Waals surface area contributed by atoms with Crippen LogP contribution in [0.15, 0.2) is 18.2 Å². The van der Waals surface area contributed by atoms with Gasteiger partial charge in [0.05, 0.1) is 0 Å². The van der Waals surface area contributed by atoms with Crippen molar-refractivity contribution in [3.05, 3.63) is 34.9 Å². The molecule has 0 bridgehead atoms. The molecule has 1 saturated carbocycles. The van der Waals surface area contributed by atoms with Gasteiger partial charge in [0.15, 0.2) is 0 Å². The molecule has 1 saturated heterocycles. The first-order valence-electron chi connectivity index (χ1n) is 9.23. The van der Waals surface area contributed by atoms with Gasteiger partial charge in [0.25, 0.3) is 5.91 Å². The van der Waals surface area contributed by atoms with Crippen molar-refractivity contribution < 1.29 is 4.79 Å². The molecule has 3 rings (SSSR count). The quantitative estimate of drug-likeness (QED) is 0.919. The minimum Gasteiger partial charge on any atom is -0.352 e. The monoisotopic (exact) mass is 314 g/mol. The Morgan fingerprint density at radius 1 is 1.13 bits per heavy atom. The highest BCUT2D eigenvalue weighted by Gasteiger charge is 2.27. The van der Waals surface area contributed by atoms with Crippen LogP contribution in [0.3, 0.4) is 0 Å². The van der Waals surface area contributed by atoms with Crippen LogP contribution >= 0.6 is 0 Å². The van der Waals surface area contributed by atoms with Gasteiger partial charge < -0.3 is 10.2 Å². The number of aryl methyl sites for hydroxylation is 2. The van der Waals surface area contributed by atoms with Gasteiger partial charge in [-0.2, -0.15) is 0 Å². The fraction of sp³-hybridized carbons (Fsp3) is 0.650. The third-order valence-electron chi connectivity index (χ3n) is 5.68. The van der Waals surface area contributed by atoms with Crippen LogP contribution in [0.25, 0.3) is 0 Å².